The Morgan fingerprint density at radius 3 is 2.26 bits per heavy atom. The highest BCUT2D eigenvalue weighted by molar-refractivity contribution is 9.11. The van der Waals surface area contributed by atoms with Gasteiger partial charge in [-0.2, -0.15) is 0 Å². The first kappa shape index (κ1) is 14.0. The number of halogens is 1. The van der Waals surface area contributed by atoms with E-state index >= 15 is 0 Å². The molecule has 1 aromatic carbocycles. The molecule has 0 aliphatic rings. The SMILES string of the molecule is O=C([O-])c1ccc(NS(=O)(=O)c2ccc(Br)s2)cc1. The van der Waals surface area contributed by atoms with Gasteiger partial charge in [0.2, 0.25) is 0 Å². The third-order valence-electron chi connectivity index (χ3n) is 2.19. The van der Waals surface area contributed by atoms with Crippen molar-refractivity contribution in [3.63, 3.8) is 0 Å². The molecule has 0 bridgehead atoms. The van der Waals surface area contributed by atoms with Crippen LogP contribution in [0.15, 0.2) is 44.4 Å². The molecule has 8 heteroatoms. The van der Waals surface area contributed by atoms with Gasteiger partial charge in [0.15, 0.2) is 0 Å². The van der Waals surface area contributed by atoms with E-state index in [1.54, 1.807) is 6.07 Å². The topological polar surface area (TPSA) is 86.3 Å². The maximum absolute atomic E-state index is 12.0. The van der Waals surface area contributed by atoms with Crippen LogP contribution >= 0.6 is 27.3 Å². The summed E-state index contributed by atoms with van der Waals surface area (Å²) in [5.41, 5.74) is 0.274. The fraction of sp³-hybridized carbons (Fsp3) is 0. The summed E-state index contributed by atoms with van der Waals surface area (Å²) < 4.78 is 27.2. The zero-order valence-electron chi connectivity index (χ0n) is 9.29. The third-order valence-corrected chi connectivity index (χ3v) is 5.68. The second kappa shape index (κ2) is 5.32. The van der Waals surface area contributed by atoms with Crippen LogP contribution in [0.2, 0.25) is 0 Å². The number of carbonyl (C=O) groups excluding carboxylic acids is 1. The summed E-state index contributed by atoms with van der Waals surface area (Å²) in [6.07, 6.45) is 0. The normalized spacial score (nSPS) is 11.2. The Morgan fingerprint density at radius 2 is 1.79 bits per heavy atom. The van der Waals surface area contributed by atoms with Crippen LogP contribution in [-0.4, -0.2) is 14.4 Å². The predicted molar refractivity (Wildman–Crippen MR) is 73.6 cm³/mol. The number of rotatable bonds is 4. The average Bonchev–Trinajstić information content (AvgIpc) is 2.77. The highest BCUT2D eigenvalue weighted by Gasteiger charge is 2.16. The van der Waals surface area contributed by atoms with Crippen LogP contribution in [-0.2, 0) is 10.0 Å². The van der Waals surface area contributed by atoms with E-state index in [2.05, 4.69) is 20.7 Å². The Hall–Kier alpha value is -1.38. The number of nitrogens with one attached hydrogen (secondary N) is 1. The number of carboxylic acids is 1. The predicted octanol–water partition coefficient (Wildman–Crippen LogP) is 1.67. The second-order valence-corrected chi connectivity index (χ2v) is 7.90. The summed E-state index contributed by atoms with van der Waals surface area (Å²) in [6, 6.07) is 8.40. The molecule has 1 aromatic heterocycles. The highest BCUT2D eigenvalue weighted by Crippen LogP contribution is 2.27. The number of aromatic carboxylic acids is 1. The molecule has 0 unspecified atom stereocenters. The van der Waals surface area contributed by atoms with Crippen molar-refractivity contribution in [2.45, 2.75) is 4.21 Å². The minimum absolute atomic E-state index is 0.0122. The Morgan fingerprint density at radius 1 is 1.16 bits per heavy atom. The average molecular weight is 361 g/mol. The molecule has 5 nitrogen and oxygen atoms in total. The zero-order valence-corrected chi connectivity index (χ0v) is 12.5. The van der Waals surface area contributed by atoms with E-state index in [-0.39, 0.29) is 15.5 Å². The number of thiophene rings is 1. The van der Waals surface area contributed by atoms with Gasteiger partial charge in [-0.3, -0.25) is 4.72 Å². The molecule has 0 amide bonds. The quantitative estimate of drug-likeness (QED) is 0.898. The number of carbonyl (C=O) groups is 1. The molecule has 0 fully saturated rings. The third kappa shape index (κ3) is 3.34. The van der Waals surface area contributed by atoms with Crippen molar-refractivity contribution in [3.05, 3.63) is 45.7 Å². The van der Waals surface area contributed by atoms with Crippen LogP contribution in [0.25, 0.3) is 0 Å². The molecule has 2 aromatic rings. The standard InChI is InChI=1S/C11H8BrNO4S2/c12-9-5-6-10(18-9)19(16,17)13-8-3-1-7(2-4-8)11(14)15/h1-6,13H,(H,14,15)/p-1. The van der Waals surface area contributed by atoms with Gasteiger partial charge >= 0.3 is 0 Å². The van der Waals surface area contributed by atoms with E-state index in [1.807, 2.05) is 0 Å². The lowest BCUT2D eigenvalue weighted by atomic mass is 10.2. The van der Waals surface area contributed by atoms with Crippen molar-refractivity contribution >= 4 is 48.9 Å². The molecular formula is C11H7BrNO4S2-. The van der Waals surface area contributed by atoms with E-state index in [0.717, 1.165) is 11.3 Å². The summed E-state index contributed by atoms with van der Waals surface area (Å²) >= 11 is 4.27. The molecule has 0 saturated carbocycles. The van der Waals surface area contributed by atoms with E-state index in [1.165, 1.54) is 30.3 Å². The number of benzene rings is 1. The summed E-state index contributed by atoms with van der Waals surface area (Å²) in [5.74, 6) is -1.31. The van der Waals surface area contributed by atoms with Crippen molar-refractivity contribution in [3.8, 4) is 0 Å². The van der Waals surface area contributed by atoms with Crippen molar-refractivity contribution in [1.82, 2.24) is 0 Å². The van der Waals surface area contributed by atoms with E-state index < -0.39 is 16.0 Å². The van der Waals surface area contributed by atoms with Gasteiger partial charge in [0, 0.05) is 5.69 Å². The van der Waals surface area contributed by atoms with Crippen LogP contribution in [0.5, 0.6) is 0 Å². The number of carboxylic acid groups (broad SMARTS) is 1. The van der Waals surface area contributed by atoms with E-state index in [9.17, 15) is 18.3 Å². The molecule has 1 N–H and O–H groups in total. The van der Waals surface area contributed by atoms with Crippen LogP contribution < -0.4 is 9.83 Å². The van der Waals surface area contributed by atoms with E-state index in [4.69, 9.17) is 0 Å². The van der Waals surface area contributed by atoms with Crippen molar-refractivity contribution in [1.29, 1.82) is 0 Å². The first-order valence-corrected chi connectivity index (χ1v) is 8.07. The Labute approximate surface area is 122 Å². The minimum Gasteiger partial charge on any atom is -0.545 e. The van der Waals surface area contributed by atoms with Crippen molar-refractivity contribution < 1.29 is 18.3 Å². The summed E-state index contributed by atoms with van der Waals surface area (Å²) in [7, 11) is -3.65. The first-order chi connectivity index (χ1) is 8.88. The zero-order chi connectivity index (χ0) is 14.0. The Balaban J connectivity index is 2.23. The Kier molecular flexibility index (Phi) is 3.93. The fourth-order valence-electron chi connectivity index (χ4n) is 1.32. The number of sulfonamides is 1. The maximum Gasteiger partial charge on any atom is 0.271 e. The largest absolute Gasteiger partial charge is 0.545 e. The maximum atomic E-state index is 12.0. The molecule has 100 valence electrons. The van der Waals surface area contributed by atoms with Gasteiger partial charge in [-0.05, 0) is 45.8 Å². The summed E-state index contributed by atoms with van der Waals surface area (Å²) in [4.78, 5) is 10.6. The molecule has 1 heterocycles. The molecule has 0 saturated heterocycles. The van der Waals surface area contributed by atoms with Gasteiger partial charge < -0.3 is 9.90 Å². The van der Waals surface area contributed by atoms with Gasteiger partial charge in [-0.1, -0.05) is 12.1 Å². The number of anilines is 1. The molecule has 0 aliphatic heterocycles. The van der Waals surface area contributed by atoms with Crippen molar-refractivity contribution in [2.75, 3.05) is 4.72 Å². The smallest absolute Gasteiger partial charge is 0.271 e. The lowest BCUT2D eigenvalue weighted by Gasteiger charge is -2.07. The molecule has 2 rings (SSSR count). The number of hydrogen-bond donors (Lipinski definition) is 1. The molecule has 0 aliphatic carbocycles. The Bertz CT molecular complexity index is 707. The lowest BCUT2D eigenvalue weighted by Crippen LogP contribution is -2.22. The molecule has 0 radical (unpaired) electrons. The molecule has 0 spiro atoms. The molecule has 0 atom stereocenters. The highest BCUT2D eigenvalue weighted by atomic mass is 79.9. The second-order valence-electron chi connectivity index (χ2n) is 3.53. The van der Waals surface area contributed by atoms with Crippen LogP contribution in [0, 0.1) is 0 Å². The molecule has 19 heavy (non-hydrogen) atoms. The van der Waals surface area contributed by atoms with Gasteiger partial charge in [-0.25, -0.2) is 8.42 Å². The summed E-state index contributed by atoms with van der Waals surface area (Å²) in [6.45, 7) is 0. The molecular weight excluding hydrogens is 354 g/mol. The van der Waals surface area contributed by atoms with E-state index in [0.29, 0.717) is 3.79 Å². The van der Waals surface area contributed by atoms with Crippen LogP contribution in [0.3, 0.4) is 0 Å². The van der Waals surface area contributed by atoms with Crippen LogP contribution in [0.1, 0.15) is 10.4 Å². The minimum atomic E-state index is -3.65. The monoisotopic (exact) mass is 360 g/mol. The number of hydrogen-bond acceptors (Lipinski definition) is 5. The van der Waals surface area contributed by atoms with Gasteiger partial charge in [0.05, 0.1) is 9.76 Å². The first-order valence-electron chi connectivity index (χ1n) is 4.98. The summed E-state index contributed by atoms with van der Waals surface area (Å²) in [5, 5.41) is 10.6. The van der Waals surface area contributed by atoms with Crippen molar-refractivity contribution in [2.24, 2.45) is 0 Å². The lowest BCUT2D eigenvalue weighted by molar-refractivity contribution is -0.255. The fourth-order valence-corrected chi connectivity index (χ4v) is 4.39. The van der Waals surface area contributed by atoms with Crippen LogP contribution in [0.4, 0.5) is 5.69 Å². The van der Waals surface area contributed by atoms with Gasteiger partial charge in [0.1, 0.15) is 4.21 Å². The van der Waals surface area contributed by atoms with Gasteiger partial charge in [-0.15, -0.1) is 11.3 Å². The van der Waals surface area contributed by atoms with Gasteiger partial charge in [0.25, 0.3) is 10.0 Å².